The number of methoxy groups -OCH3 is 1. The van der Waals surface area contributed by atoms with E-state index in [4.69, 9.17) is 10.5 Å². The van der Waals surface area contributed by atoms with Crippen molar-refractivity contribution in [2.45, 2.75) is 13.0 Å². The molecular formula is C11H16N2O2. The predicted octanol–water partition coefficient (Wildman–Crippen LogP) is 0.660. The monoisotopic (exact) mass is 208 g/mol. The number of nitrogens with two attached hydrogens (primary N) is 1. The molecule has 4 heteroatoms. The maximum absolute atomic E-state index is 11.2. The van der Waals surface area contributed by atoms with Crippen molar-refractivity contribution in [3.63, 3.8) is 0 Å². The van der Waals surface area contributed by atoms with E-state index in [0.29, 0.717) is 19.5 Å². The van der Waals surface area contributed by atoms with Gasteiger partial charge < -0.3 is 15.8 Å². The third-order valence-electron chi connectivity index (χ3n) is 2.04. The molecule has 0 atom stereocenters. The zero-order chi connectivity index (χ0) is 11.1. The van der Waals surface area contributed by atoms with E-state index in [-0.39, 0.29) is 5.91 Å². The second-order valence-corrected chi connectivity index (χ2v) is 3.13. The standard InChI is InChI=1S/C11H16N2O2/c1-15-10-5-3-2-4-9(10)8-13-11(14)6-7-12/h2-5H,6-8,12H2,1H3,(H,13,14). The van der Waals surface area contributed by atoms with Crippen molar-refractivity contribution in [3.8, 4) is 5.75 Å². The molecule has 0 aliphatic carbocycles. The fourth-order valence-electron chi connectivity index (χ4n) is 1.26. The Morgan fingerprint density at radius 3 is 2.87 bits per heavy atom. The first-order chi connectivity index (χ1) is 7.27. The lowest BCUT2D eigenvalue weighted by molar-refractivity contribution is -0.121. The van der Waals surface area contributed by atoms with Gasteiger partial charge in [0.25, 0.3) is 0 Å². The van der Waals surface area contributed by atoms with Gasteiger partial charge in [-0.3, -0.25) is 4.79 Å². The highest BCUT2D eigenvalue weighted by Crippen LogP contribution is 2.16. The minimum atomic E-state index is -0.0385. The van der Waals surface area contributed by atoms with Crippen molar-refractivity contribution in [3.05, 3.63) is 29.8 Å². The minimum Gasteiger partial charge on any atom is -0.496 e. The molecule has 0 radical (unpaired) electrons. The Balaban J connectivity index is 2.53. The van der Waals surface area contributed by atoms with Crippen molar-refractivity contribution in [2.75, 3.05) is 13.7 Å². The second kappa shape index (κ2) is 6.03. The maximum Gasteiger partial charge on any atom is 0.221 e. The molecule has 0 heterocycles. The first kappa shape index (κ1) is 11.5. The summed E-state index contributed by atoms with van der Waals surface area (Å²) >= 11 is 0. The first-order valence-electron chi connectivity index (χ1n) is 4.86. The van der Waals surface area contributed by atoms with Crippen molar-refractivity contribution >= 4 is 5.91 Å². The van der Waals surface area contributed by atoms with Crippen LogP contribution < -0.4 is 15.8 Å². The third kappa shape index (κ3) is 3.59. The Hall–Kier alpha value is -1.55. The highest BCUT2D eigenvalue weighted by molar-refractivity contribution is 5.76. The zero-order valence-electron chi connectivity index (χ0n) is 8.82. The summed E-state index contributed by atoms with van der Waals surface area (Å²) in [6.07, 6.45) is 0.356. The van der Waals surface area contributed by atoms with E-state index in [9.17, 15) is 4.79 Å². The van der Waals surface area contributed by atoms with Gasteiger partial charge in [-0.1, -0.05) is 18.2 Å². The normalized spacial score (nSPS) is 9.73. The number of carbonyl (C=O) groups is 1. The molecule has 1 aromatic rings. The highest BCUT2D eigenvalue weighted by Gasteiger charge is 2.03. The summed E-state index contributed by atoms with van der Waals surface area (Å²) in [6, 6.07) is 7.59. The molecule has 0 aromatic heterocycles. The second-order valence-electron chi connectivity index (χ2n) is 3.13. The lowest BCUT2D eigenvalue weighted by Crippen LogP contribution is -2.25. The van der Waals surface area contributed by atoms with Crippen molar-refractivity contribution < 1.29 is 9.53 Å². The molecule has 82 valence electrons. The largest absolute Gasteiger partial charge is 0.496 e. The number of para-hydroxylation sites is 1. The molecule has 0 saturated carbocycles. The van der Waals surface area contributed by atoms with Crippen molar-refractivity contribution in [2.24, 2.45) is 5.73 Å². The quantitative estimate of drug-likeness (QED) is 0.747. The van der Waals surface area contributed by atoms with Crippen LogP contribution in [0.4, 0.5) is 0 Å². The Labute approximate surface area is 89.4 Å². The van der Waals surface area contributed by atoms with Crippen LogP contribution in [0.5, 0.6) is 5.75 Å². The van der Waals surface area contributed by atoms with Crippen LogP contribution in [0.25, 0.3) is 0 Å². The maximum atomic E-state index is 11.2. The smallest absolute Gasteiger partial charge is 0.221 e. The molecule has 0 bridgehead atoms. The van der Waals surface area contributed by atoms with Gasteiger partial charge >= 0.3 is 0 Å². The van der Waals surface area contributed by atoms with Gasteiger partial charge in [-0.25, -0.2) is 0 Å². The van der Waals surface area contributed by atoms with Crippen molar-refractivity contribution in [1.29, 1.82) is 0 Å². The summed E-state index contributed by atoms with van der Waals surface area (Å²) in [7, 11) is 1.61. The molecule has 0 spiro atoms. The molecule has 4 nitrogen and oxygen atoms in total. The van der Waals surface area contributed by atoms with Gasteiger partial charge in [-0.05, 0) is 6.07 Å². The number of amides is 1. The van der Waals surface area contributed by atoms with Crippen LogP contribution in [0.1, 0.15) is 12.0 Å². The Morgan fingerprint density at radius 1 is 1.47 bits per heavy atom. The summed E-state index contributed by atoms with van der Waals surface area (Å²) < 4.78 is 5.16. The summed E-state index contributed by atoms with van der Waals surface area (Å²) in [5, 5.41) is 2.78. The molecule has 0 aliphatic heterocycles. The van der Waals surface area contributed by atoms with Gasteiger partial charge in [0.2, 0.25) is 5.91 Å². The molecule has 3 N–H and O–H groups in total. The predicted molar refractivity (Wildman–Crippen MR) is 58.5 cm³/mol. The first-order valence-corrected chi connectivity index (χ1v) is 4.86. The van der Waals surface area contributed by atoms with Gasteiger partial charge in [-0.2, -0.15) is 0 Å². The van der Waals surface area contributed by atoms with Gasteiger partial charge in [0.15, 0.2) is 0 Å². The number of benzene rings is 1. The highest BCUT2D eigenvalue weighted by atomic mass is 16.5. The van der Waals surface area contributed by atoms with Crippen LogP contribution in [0, 0.1) is 0 Å². The Bertz CT molecular complexity index is 326. The van der Waals surface area contributed by atoms with Gasteiger partial charge in [0.05, 0.1) is 7.11 Å². The minimum absolute atomic E-state index is 0.0385. The number of carbonyl (C=O) groups excluding carboxylic acids is 1. The van der Waals surface area contributed by atoms with E-state index in [1.807, 2.05) is 24.3 Å². The average Bonchev–Trinajstić information content (AvgIpc) is 2.27. The molecule has 15 heavy (non-hydrogen) atoms. The van der Waals surface area contributed by atoms with Crippen LogP contribution in [0.15, 0.2) is 24.3 Å². The van der Waals surface area contributed by atoms with Crippen LogP contribution in [0.2, 0.25) is 0 Å². The molecule has 1 aromatic carbocycles. The number of ether oxygens (including phenoxy) is 1. The Kier molecular flexibility index (Phi) is 4.63. The van der Waals surface area contributed by atoms with Gasteiger partial charge in [0.1, 0.15) is 5.75 Å². The van der Waals surface area contributed by atoms with E-state index < -0.39 is 0 Å². The van der Waals surface area contributed by atoms with E-state index in [0.717, 1.165) is 11.3 Å². The summed E-state index contributed by atoms with van der Waals surface area (Å²) in [5.74, 6) is 0.744. The molecule has 0 aliphatic rings. The molecule has 1 rings (SSSR count). The lowest BCUT2D eigenvalue weighted by Gasteiger charge is -2.08. The Morgan fingerprint density at radius 2 is 2.20 bits per heavy atom. The molecule has 1 amide bonds. The van der Waals surface area contributed by atoms with Crippen molar-refractivity contribution in [1.82, 2.24) is 5.32 Å². The van der Waals surface area contributed by atoms with E-state index in [1.54, 1.807) is 7.11 Å². The fraction of sp³-hybridized carbons (Fsp3) is 0.364. The van der Waals surface area contributed by atoms with Crippen LogP contribution in [0.3, 0.4) is 0 Å². The summed E-state index contributed by atoms with van der Waals surface area (Å²) in [4.78, 5) is 11.2. The SMILES string of the molecule is COc1ccccc1CNC(=O)CCN. The number of rotatable bonds is 5. The van der Waals surface area contributed by atoms with Crippen LogP contribution in [-0.2, 0) is 11.3 Å². The van der Waals surface area contributed by atoms with E-state index in [1.165, 1.54) is 0 Å². The third-order valence-corrected chi connectivity index (χ3v) is 2.04. The zero-order valence-corrected chi connectivity index (χ0v) is 8.82. The number of hydrogen-bond donors (Lipinski definition) is 2. The number of nitrogens with one attached hydrogen (secondary N) is 1. The molecule has 0 fully saturated rings. The molecule has 0 unspecified atom stereocenters. The molecule has 0 saturated heterocycles. The van der Waals surface area contributed by atoms with Gasteiger partial charge in [0, 0.05) is 25.1 Å². The van der Waals surface area contributed by atoms with E-state index >= 15 is 0 Å². The fourth-order valence-corrected chi connectivity index (χ4v) is 1.26. The average molecular weight is 208 g/mol. The van der Waals surface area contributed by atoms with Crippen LogP contribution in [-0.4, -0.2) is 19.6 Å². The summed E-state index contributed by atoms with van der Waals surface area (Å²) in [5.41, 5.74) is 6.23. The van der Waals surface area contributed by atoms with Crippen LogP contribution >= 0.6 is 0 Å². The molecular weight excluding hydrogens is 192 g/mol. The lowest BCUT2D eigenvalue weighted by atomic mass is 10.2. The van der Waals surface area contributed by atoms with Gasteiger partial charge in [-0.15, -0.1) is 0 Å². The topological polar surface area (TPSA) is 64.3 Å². The summed E-state index contributed by atoms with van der Waals surface area (Å²) in [6.45, 7) is 0.848. The number of hydrogen-bond acceptors (Lipinski definition) is 3. The van der Waals surface area contributed by atoms with E-state index in [2.05, 4.69) is 5.32 Å².